The topological polar surface area (TPSA) is 52.7 Å². The van der Waals surface area contributed by atoms with Crippen molar-refractivity contribution in [3.8, 4) is 0 Å². The van der Waals surface area contributed by atoms with E-state index in [1.807, 2.05) is 0 Å². The van der Waals surface area contributed by atoms with E-state index in [2.05, 4.69) is 5.32 Å². The Balaban J connectivity index is 2.42. The molecule has 1 aliphatic rings. The summed E-state index contributed by atoms with van der Waals surface area (Å²) in [5.74, 6) is 1.54. The highest BCUT2D eigenvalue weighted by Gasteiger charge is 2.26. The minimum Gasteiger partial charge on any atom is -0.347 e. The fourth-order valence-electron chi connectivity index (χ4n) is 1.24. The van der Waals surface area contributed by atoms with Crippen LogP contribution in [0, 0.1) is 0 Å². The predicted octanol–water partition coefficient (Wildman–Crippen LogP) is -0.804. The van der Waals surface area contributed by atoms with Crippen LogP contribution in [0.5, 0.6) is 0 Å². The first-order valence-electron chi connectivity index (χ1n) is 4.78. The molecule has 1 saturated heterocycles. The summed E-state index contributed by atoms with van der Waals surface area (Å²) < 4.78 is 0. The second kappa shape index (κ2) is 5.37. The molecule has 0 bridgehead atoms. The zero-order chi connectivity index (χ0) is 11.4. The van der Waals surface area contributed by atoms with E-state index in [0.29, 0.717) is 0 Å². The first kappa shape index (κ1) is 12.3. The maximum absolute atomic E-state index is 11.8. The lowest BCUT2D eigenvalue weighted by molar-refractivity contribution is -0.138. The van der Waals surface area contributed by atoms with Crippen molar-refractivity contribution in [2.45, 2.75) is 6.04 Å². The third-order valence-electron chi connectivity index (χ3n) is 2.26. The SMILES string of the molecule is CN(C)C(=O)CN(C)C(=O)C1CSCN1. The average Bonchev–Trinajstić information content (AvgIpc) is 2.68. The molecule has 15 heavy (non-hydrogen) atoms. The molecule has 86 valence electrons. The molecule has 0 aromatic rings. The Labute approximate surface area is 94.2 Å². The highest BCUT2D eigenvalue weighted by atomic mass is 32.2. The van der Waals surface area contributed by atoms with Crippen molar-refractivity contribution in [1.82, 2.24) is 15.1 Å². The van der Waals surface area contributed by atoms with Gasteiger partial charge in [-0.2, -0.15) is 0 Å². The molecule has 1 rings (SSSR count). The standard InChI is InChI=1S/C9H17N3O2S/c1-11(2)8(13)4-12(3)9(14)7-5-15-6-10-7/h7,10H,4-6H2,1-3H3. The molecule has 6 heteroatoms. The van der Waals surface area contributed by atoms with E-state index in [0.717, 1.165) is 11.6 Å². The number of rotatable bonds is 3. The molecular formula is C9H17N3O2S. The monoisotopic (exact) mass is 231 g/mol. The van der Waals surface area contributed by atoms with Crippen LogP contribution in [0.25, 0.3) is 0 Å². The highest BCUT2D eigenvalue weighted by Crippen LogP contribution is 2.11. The largest absolute Gasteiger partial charge is 0.347 e. The predicted molar refractivity (Wildman–Crippen MR) is 60.6 cm³/mol. The van der Waals surface area contributed by atoms with E-state index in [9.17, 15) is 9.59 Å². The van der Waals surface area contributed by atoms with E-state index >= 15 is 0 Å². The van der Waals surface area contributed by atoms with Crippen molar-refractivity contribution in [2.75, 3.05) is 39.3 Å². The lowest BCUT2D eigenvalue weighted by Crippen LogP contribution is -2.46. The molecule has 0 radical (unpaired) electrons. The Kier molecular flexibility index (Phi) is 4.41. The first-order chi connectivity index (χ1) is 7.02. The molecule has 1 N–H and O–H groups in total. The smallest absolute Gasteiger partial charge is 0.241 e. The Morgan fingerprint density at radius 3 is 2.53 bits per heavy atom. The molecule has 5 nitrogen and oxygen atoms in total. The van der Waals surface area contributed by atoms with Crippen molar-refractivity contribution < 1.29 is 9.59 Å². The van der Waals surface area contributed by atoms with Crippen molar-refractivity contribution in [3.05, 3.63) is 0 Å². The molecule has 0 aliphatic carbocycles. The van der Waals surface area contributed by atoms with Crippen molar-refractivity contribution >= 4 is 23.6 Å². The van der Waals surface area contributed by atoms with Gasteiger partial charge in [0, 0.05) is 32.8 Å². The van der Waals surface area contributed by atoms with Gasteiger partial charge in [0.15, 0.2) is 0 Å². The number of nitrogens with zero attached hydrogens (tertiary/aromatic N) is 2. The van der Waals surface area contributed by atoms with Gasteiger partial charge in [-0.15, -0.1) is 11.8 Å². The summed E-state index contributed by atoms with van der Waals surface area (Å²) >= 11 is 1.70. The van der Waals surface area contributed by atoms with Gasteiger partial charge in [0.1, 0.15) is 0 Å². The number of carbonyl (C=O) groups is 2. The Hall–Kier alpha value is -0.750. The number of carbonyl (C=O) groups excluding carboxylic acids is 2. The third kappa shape index (κ3) is 3.39. The van der Waals surface area contributed by atoms with E-state index < -0.39 is 0 Å². The lowest BCUT2D eigenvalue weighted by Gasteiger charge is -2.21. The highest BCUT2D eigenvalue weighted by molar-refractivity contribution is 7.99. The van der Waals surface area contributed by atoms with Crippen LogP contribution in [0.2, 0.25) is 0 Å². The molecule has 1 aliphatic heterocycles. The summed E-state index contributed by atoms with van der Waals surface area (Å²) in [5, 5.41) is 3.09. The van der Waals surface area contributed by atoms with E-state index in [-0.39, 0.29) is 24.4 Å². The normalized spacial score (nSPS) is 20.1. The quantitative estimate of drug-likeness (QED) is 0.690. The van der Waals surface area contributed by atoms with Crippen LogP contribution in [0.1, 0.15) is 0 Å². The fourth-order valence-corrected chi connectivity index (χ4v) is 2.18. The van der Waals surface area contributed by atoms with Gasteiger partial charge in [-0.3, -0.25) is 14.9 Å². The molecule has 0 aromatic carbocycles. The number of hydrogen-bond donors (Lipinski definition) is 1. The number of thioether (sulfide) groups is 1. The van der Waals surface area contributed by atoms with Gasteiger partial charge >= 0.3 is 0 Å². The zero-order valence-electron chi connectivity index (χ0n) is 9.32. The zero-order valence-corrected chi connectivity index (χ0v) is 10.1. The molecule has 0 spiro atoms. The van der Waals surface area contributed by atoms with Crippen LogP contribution < -0.4 is 5.32 Å². The second-order valence-corrected chi connectivity index (χ2v) is 4.78. The summed E-state index contributed by atoms with van der Waals surface area (Å²) in [6.45, 7) is 0.147. The summed E-state index contributed by atoms with van der Waals surface area (Å²) in [7, 11) is 5.03. The van der Waals surface area contributed by atoms with Crippen molar-refractivity contribution in [2.24, 2.45) is 0 Å². The molecule has 0 saturated carbocycles. The summed E-state index contributed by atoms with van der Waals surface area (Å²) in [6, 6.07) is -0.130. The van der Waals surface area contributed by atoms with Crippen LogP contribution in [0.4, 0.5) is 0 Å². The van der Waals surface area contributed by atoms with Gasteiger partial charge in [-0.1, -0.05) is 0 Å². The number of hydrogen-bond acceptors (Lipinski definition) is 4. The third-order valence-corrected chi connectivity index (χ3v) is 3.20. The molecular weight excluding hydrogens is 214 g/mol. The molecule has 1 atom stereocenters. The average molecular weight is 231 g/mol. The van der Waals surface area contributed by atoms with Gasteiger partial charge in [0.2, 0.25) is 11.8 Å². The molecule has 1 heterocycles. The van der Waals surface area contributed by atoms with Crippen LogP contribution in [0.15, 0.2) is 0 Å². The molecule has 1 unspecified atom stereocenters. The first-order valence-corrected chi connectivity index (χ1v) is 5.94. The van der Waals surface area contributed by atoms with Gasteiger partial charge in [-0.25, -0.2) is 0 Å². The summed E-state index contributed by atoms with van der Waals surface area (Å²) in [6.07, 6.45) is 0. The summed E-state index contributed by atoms with van der Waals surface area (Å²) in [5.41, 5.74) is 0. The van der Waals surface area contributed by atoms with Crippen molar-refractivity contribution in [1.29, 1.82) is 0 Å². The minimum absolute atomic E-state index is 0.00444. The Morgan fingerprint density at radius 1 is 1.40 bits per heavy atom. The molecule has 2 amide bonds. The lowest BCUT2D eigenvalue weighted by atomic mass is 10.3. The number of amides is 2. The van der Waals surface area contributed by atoms with Gasteiger partial charge in [0.25, 0.3) is 0 Å². The maximum Gasteiger partial charge on any atom is 0.241 e. The second-order valence-electron chi connectivity index (χ2n) is 3.75. The van der Waals surface area contributed by atoms with Crippen molar-refractivity contribution in [3.63, 3.8) is 0 Å². The summed E-state index contributed by atoms with van der Waals surface area (Å²) in [4.78, 5) is 26.1. The number of nitrogens with one attached hydrogen (secondary N) is 1. The van der Waals surface area contributed by atoms with E-state index in [1.54, 1.807) is 32.9 Å². The van der Waals surface area contributed by atoms with Gasteiger partial charge in [-0.05, 0) is 0 Å². The van der Waals surface area contributed by atoms with E-state index in [1.165, 1.54) is 9.80 Å². The van der Waals surface area contributed by atoms with Crippen LogP contribution in [-0.4, -0.2) is 67.0 Å². The number of likely N-dealkylation sites (N-methyl/N-ethyl adjacent to an activating group) is 2. The maximum atomic E-state index is 11.8. The van der Waals surface area contributed by atoms with Crippen LogP contribution in [-0.2, 0) is 9.59 Å². The van der Waals surface area contributed by atoms with Crippen LogP contribution in [0.3, 0.4) is 0 Å². The Bertz CT molecular complexity index is 252. The molecule has 1 fully saturated rings. The minimum atomic E-state index is -0.130. The van der Waals surface area contributed by atoms with Crippen LogP contribution >= 0.6 is 11.8 Å². The van der Waals surface area contributed by atoms with E-state index in [4.69, 9.17) is 0 Å². The Morgan fingerprint density at radius 2 is 2.07 bits per heavy atom. The van der Waals surface area contributed by atoms with Gasteiger partial charge < -0.3 is 9.80 Å². The van der Waals surface area contributed by atoms with Gasteiger partial charge in [0.05, 0.1) is 12.6 Å². The molecule has 0 aromatic heterocycles. The fraction of sp³-hybridized carbons (Fsp3) is 0.778.